The molecular weight excluding hydrogens is 288 g/mol. The Morgan fingerprint density at radius 2 is 2.14 bits per heavy atom. The highest BCUT2D eigenvalue weighted by Gasteiger charge is 2.34. The maximum atomic E-state index is 12.6. The topological polar surface area (TPSA) is 41.6 Å². The maximum absolute atomic E-state index is 12.6. The molecule has 5 heteroatoms. The molecule has 2 heterocycles. The molecule has 2 unspecified atom stereocenters. The number of rotatable bonds is 3. The number of carbonyl (C=O) groups excluding carboxylic acids is 1. The lowest BCUT2D eigenvalue weighted by Crippen LogP contribution is -2.51. The van der Waals surface area contributed by atoms with Gasteiger partial charge in [0.1, 0.15) is 6.10 Å². The zero-order valence-electron chi connectivity index (χ0n) is 12.2. The number of amides is 1. The van der Waals surface area contributed by atoms with Gasteiger partial charge < -0.3 is 15.0 Å². The van der Waals surface area contributed by atoms with Gasteiger partial charge in [-0.2, -0.15) is 0 Å². The summed E-state index contributed by atoms with van der Waals surface area (Å²) in [5, 5.41) is 3.23. The molecule has 21 heavy (non-hydrogen) atoms. The van der Waals surface area contributed by atoms with Crippen molar-refractivity contribution >= 4 is 18.3 Å². The van der Waals surface area contributed by atoms with E-state index < -0.39 is 0 Å². The quantitative estimate of drug-likeness (QED) is 0.922. The van der Waals surface area contributed by atoms with E-state index in [-0.39, 0.29) is 24.4 Å². The van der Waals surface area contributed by atoms with Crippen LogP contribution < -0.4 is 5.32 Å². The molecule has 4 nitrogen and oxygen atoms in total. The van der Waals surface area contributed by atoms with Crippen molar-refractivity contribution in [3.05, 3.63) is 35.9 Å². The molecule has 2 fully saturated rings. The lowest BCUT2D eigenvalue weighted by atomic mass is 10.0. The van der Waals surface area contributed by atoms with Gasteiger partial charge in [0.2, 0.25) is 0 Å². The molecule has 1 N–H and O–H groups in total. The van der Waals surface area contributed by atoms with Crippen LogP contribution >= 0.6 is 12.4 Å². The molecule has 0 aromatic heterocycles. The van der Waals surface area contributed by atoms with Crippen LogP contribution in [-0.4, -0.2) is 49.2 Å². The van der Waals surface area contributed by atoms with Crippen LogP contribution in [0.25, 0.3) is 0 Å². The van der Waals surface area contributed by atoms with Crippen molar-refractivity contribution in [2.45, 2.75) is 31.4 Å². The summed E-state index contributed by atoms with van der Waals surface area (Å²) in [7, 11) is 0. The van der Waals surface area contributed by atoms with Gasteiger partial charge >= 0.3 is 0 Å². The smallest absolute Gasteiger partial charge is 0.253 e. The SMILES string of the molecule is Cl.O=C(C1CNCCO1)N1CCCC1Cc1ccccc1. The van der Waals surface area contributed by atoms with Gasteiger partial charge in [0.15, 0.2) is 0 Å². The van der Waals surface area contributed by atoms with Crippen molar-refractivity contribution in [3.63, 3.8) is 0 Å². The minimum Gasteiger partial charge on any atom is -0.366 e. The fourth-order valence-corrected chi connectivity index (χ4v) is 3.13. The Balaban J connectivity index is 0.00000161. The lowest BCUT2D eigenvalue weighted by molar-refractivity contribution is -0.146. The summed E-state index contributed by atoms with van der Waals surface area (Å²) in [6.45, 7) is 2.99. The number of benzene rings is 1. The van der Waals surface area contributed by atoms with Crippen molar-refractivity contribution in [3.8, 4) is 0 Å². The van der Waals surface area contributed by atoms with Crippen LogP contribution in [-0.2, 0) is 16.0 Å². The molecule has 0 spiro atoms. The van der Waals surface area contributed by atoms with Crippen molar-refractivity contribution in [2.24, 2.45) is 0 Å². The van der Waals surface area contributed by atoms with Gasteiger partial charge in [-0.1, -0.05) is 30.3 Å². The Hall–Kier alpha value is -1.10. The molecule has 2 atom stereocenters. The number of ether oxygens (including phenoxy) is 1. The molecule has 116 valence electrons. The molecule has 2 aliphatic rings. The highest BCUT2D eigenvalue weighted by atomic mass is 35.5. The van der Waals surface area contributed by atoms with Crippen LogP contribution in [0.2, 0.25) is 0 Å². The third-order valence-corrected chi connectivity index (χ3v) is 4.18. The fraction of sp³-hybridized carbons (Fsp3) is 0.562. The second-order valence-corrected chi connectivity index (χ2v) is 5.58. The van der Waals surface area contributed by atoms with E-state index in [0.29, 0.717) is 19.2 Å². The van der Waals surface area contributed by atoms with Crippen molar-refractivity contribution in [1.29, 1.82) is 0 Å². The summed E-state index contributed by atoms with van der Waals surface area (Å²) in [4.78, 5) is 14.6. The monoisotopic (exact) mass is 310 g/mol. The highest BCUT2D eigenvalue weighted by Crippen LogP contribution is 2.22. The summed E-state index contributed by atoms with van der Waals surface area (Å²) in [6, 6.07) is 10.8. The summed E-state index contributed by atoms with van der Waals surface area (Å²) in [6.07, 6.45) is 2.86. The molecule has 0 saturated carbocycles. The first-order valence-corrected chi connectivity index (χ1v) is 7.51. The second kappa shape index (κ2) is 7.78. The first kappa shape index (κ1) is 16.3. The van der Waals surface area contributed by atoms with E-state index in [1.807, 2.05) is 11.0 Å². The van der Waals surface area contributed by atoms with Gasteiger partial charge in [0.25, 0.3) is 5.91 Å². The number of hydrogen-bond donors (Lipinski definition) is 1. The van der Waals surface area contributed by atoms with Crippen LogP contribution in [0, 0.1) is 0 Å². The van der Waals surface area contributed by atoms with Crippen LogP contribution in [0.15, 0.2) is 30.3 Å². The predicted octanol–water partition coefficient (Wildman–Crippen LogP) is 1.63. The Morgan fingerprint density at radius 1 is 1.33 bits per heavy atom. The van der Waals surface area contributed by atoms with E-state index >= 15 is 0 Å². The number of morpholine rings is 1. The fourth-order valence-electron chi connectivity index (χ4n) is 3.13. The molecule has 1 amide bonds. The average molecular weight is 311 g/mol. The second-order valence-electron chi connectivity index (χ2n) is 5.58. The molecular formula is C16H23ClN2O2. The molecule has 3 rings (SSSR count). The predicted molar refractivity (Wildman–Crippen MR) is 84.7 cm³/mol. The van der Waals surface area contributed by atoms with E-state index in [0.717, 1.165) is 32.4 Å². The van der Waals surface area contributed by atoms with E-state index in [9.17, 15) is 4.79 Å². The average Bonchev–Trinajstić information content (AvgIpc) is 2.96. The molecule has 2 aliphatic heterocycles. The van der Waals surface area contributed by atoms with Gasteiger partial charge in [-0.25, -0.2) is 0 Å². The van der Waals surface area contributed by atoms with Crippen LogP contribution in [0.1, 0.15) is 18.4 Å². The summed E-state index contributed by atoms with van der Waals surface area (Å²) in [5.74, 6) is 0.163. The molecule has 0 bridgehead atoms. The van der Waals surface area contributed by atoms with Gasteiger partial charge in [-0.3, -0.25) is 4.79 Å². The first-order valence-electron chi connectivity index (χ1n) is 7.51. The molecule has 1 aromatic rings. The van der Waals surface area contributed by atoms with Crippen LogP contribution in [0.4, 0.5) is 0 Å². The van der Waals surface area contributed by atoms with Crippen LogP contribution in [0.3, 0.4) is 0 Å². The third-order valence-electron chi connectivity index (χ3n) is 4.18. The van der Waals surface area contributed by atoms with E-state index in [2.05, 4.69) is 29.6 Å². The first-order chi connectivity index (χ1) is 9.84. The number of nitrogens with one attached hydrogen (secondary N) is 1. The molecule has 1 aromatic carbocycles. The number of likely N-dealkylation sites (tertiary alicyclic amines) is 1. The molecule has 0 aliphatic carbocycles. The third kappa shape index (κ3) is 3.96. The minimum atomic E-state index is -0.292. The summed E-state index contributed by atoms with van der Waals surface area (Å²) >= 11 is 0. The Kier molecular flexibility index (Phi) is 6.03. The van der Waals surface area contributed by atoms with Gasteiger partial charge in [0, 0.05) is 25.7 Å². The lowest BCUT2D eigenvalue weighted by Gasteiger charge is -2.31. The Labute approximate surface area is 132 Å². The van der Waals surface area contributed by atoms with Crippen LogP contribution in [0.5, 0.6) is 0 Å². The van der Waals surface area contributed by atoms with Gasteiger partial charge in [0.05, 0.1) is 6.61 Å². The Morgan fingerprint density at radius 3 is 2.86 bits per heavy atom. The van der Waals surface area contributed by atoms with Gasteiger partial charge in [-0.15, -0.1) is 12.4 Å². The number of nitrogens with zero attached hydrogens (tertiary/aromatic N) is 1. The Bertz CT molecular complexity index is 449. The molecule has 2 saturated heterocycles. The van der Waals surface area contributed by atoms with E-state index in [1.54, 1.807) is 0 Å². The zero-order chi connectivity index (χ0) is 13.8. The van der Waals surface area contributed by atoms with Crippen molar-refractivity contribution < 1.29 is 9.53 Å². The van der Waals surface area contributed by atoms with E-state index in [4.69, 9.17) is 4.74 Å². The number of hydrogen-bond acceptors (Lipinski definition) is 3. The summed E-state index contributed by atoms with van der Waals surface area (Å²) < 4.78 is 5.60. The number of carbonyl (C=O) groups is 1. The van der Waals surface area contributed by atoms with Crippen molar-refractivity contribution in [1.82, 2.24) is 10.2 Å². The largest absolute Gasteiger partial charge is 0.366 e. The maximum Gasteiger partial charge on any atom is 0.253 e. The zero-order valence-corrected chi connectivity index (χ0v) is 13.0. The number of halogens is 1. The molecule has 0 radical (unpaired) electrons. The van der Waals surface area contributed by atoms with Crippen molar-refractivity contribution in [2.75, 3.05) is 26.2 Å². The normalized spacial score (nSPS) is 25.4. The summed E-state index contributed by atoms with van der Waals surface area (Å²) in [5.41, 5.74) is 1.31. The standard InChI is InChI=1S/C16H22N2O2.ClH/c19-16(15-12-17-8-10-20-15)18-9-4-7-14(18)11-13-5-2-1-3-6-13;/h1-3,5-6,14-15,17H,4,7-12H2;1H. The minimum absolute atomic E-state index is 0. The highest BCUT2D eigenvalue weighted by molar-refractivity contribution is 5.85. The van der Waals surface area contributed by atoms with E-state index in [1.165, 1.54) is 5.56 Å². The van der Waals surface area contributed by atoms with Gasteiger partial charge in [-0.05, 0) is 24.8 Å².